The maximum Gasteiger partial charge on any atom is 0.254 e. The molecule has 3 rings (SSSR count). The third kappa shape index (κ3) is 5.39. The van der Waals surface area contributed by atoms with Gasteiger partial charge in [0.1, 0.15) is 5.82 Å². The van der Waals surface area contributed by atoms with Gasteiger partial charge in [-0.05, 0) is 37.5 Å². The highest BCUT2D eigenvalue weighted by atomic mass is 19.1. The Hall–Kier alpha value is -2.73. The number of hydrogen-bond donors (Lipinski definition) is 2. The molecule has 1 saturated heterocycles. The molecule has 2 amide bonds. The lowest BCUT2D eigenvalue weighted by atomic mass is 10.0. The van der Waals surface area contributed by atoms with Crippen molar-refractivity contribution in [3.8, 4) is 0 Å². The Bertz CT molecular complexity index is 815. The van der Waals surface area contributed by atoms with Crippen LogP contribution < -0.4 is 10.6 Å². The van der Waals surface area contributed by atoms with E-state index in [0.29, 0.717) is 39.0 Å². The van der Waals surface area contributed by atoms with Crippen LogP contribution in [0.4, 0.5) is 4.39 Å². The summed E-state index contributed by atoms with van der Waals surface area (Å²) in [6, 6.07) is 14.1. The number of nitrogens with one attached hydrogen (secondary N) is 2. The second kappa shape index (κ2) is 9.46. The van der Waals surface area contributed by atoms with Crippen molar-refractivity contribution in [3.05, 3.63) is 71.0 Å². The zero-order valence-electron chi connectivity index (χ0n) is 16.1. The van der Waals surface area contributed by atoms with E-state index in [1.54, 1.807) is 12.1 Å². The van der Waals surface area contributed by atoms with Gasteiger partial charge >= 0.3 is 0 Å². The second-order valence-electron chi connectivity index (χ2n) is 7.20. The highest BCUT2D eigenvalue weighted by Crippen LogP contribution is 2.13. The molecule has 0 atom stereocenters. The van der Waals surface area contributed by atoms with E-state index in [9.17, 15) is 14.0 Å². The SMILES string of the molecule is Cc1ccc(CNCC(=O)N2CCC(NC(=O)c3ccccc3F)CC2)cc1. The summed E-state index contributed by atoms with van der Waals surface area (Å²) in [7, 11) is 0. The minimum Gasteiger partial charge on any atom is -0.349 e. The summed E-state index contributed by atoms with van der Waals surface area (Å²) in [6.45, 7) is 4.17. The van der Waals surface area contributed by atoms with Crippen LogP contribution in [0.2, 0.25) is 0 Å². The minimum atomic E-state index is -0.521. The number of benzene rings is 2. The van der Waals surface area contributed by atoms with Crippen molar-refractivity contribution in [1.82, 2.24) is 15.5 Å². The average molecular weight is 383 g/mol. The molecule has 1 heterocycles. The monoisotopic (exact) mass is 383 g/mol. The lowest BCUT2D eigenvalue weighted by molar-refractivity contribution is -0.131. The van der Waals surface area contributed by atoms with E-state index < -0.39 is 11.7 Å². The largest absolute Gasteiger partial charge is 0.349 e. The Morgan fingerprint density at radius 2 is 1.75 bits per heavy atom. The molecule has 0 spiro atoms. The van der Waals surface area contributed by atoms with Crippen molar-refractivity contribution in [1.29, 1.82) is 0 Å². The van der Waals surface area contributed by atoms with E-state index in [2.05, 4.69) is 34.9 Å². The molecule has 28 heavy (non-hydrogen) atoms. The summed E-state index contributed by atoms with van der Waals surface area (Å²) in [4.78, 5) is 26.4. The van der Waals surface area contributed by atoms with Gasteiger partial charge in [0.25, 0.3) is 5.91 Å². The van der Waals surface area contributed by atoms with Crippen LogP contribution in [0.15, 0.2) is 48.5 Å². The zero-order chi connectivity index (χ0) is 19.9. The number of amides is 2. The van der Waals surface area contributed by atoms with Crippen molar-refractivity contribution in [2.45, 2.75) is 32.4 Å². The van der Waals surface area contributed by atoms with E-state index in [0.717, 1.165) is 5.56 Å². The highest BCUT2D eigenvalue weighted by molar-refractivity contribution is 5.94. The van der Waals surface area contributed by atoms with Crippen LogP contribution in [0.5, 0.6) is 0 Å². The molecule has 0 aromatic heterocycles. The van der Waals surface area contributed by atoms with Crippen molar-refractivity contribution < 1.29 is 14.0 Å². The van der Waals surface area contributed by atoms with Crippen molar-refractivity contribution >= 4 is 11.8 Å². The fourth-order valence-corrected chi connectivity index (χ4v) is 3.31. The average Bonchev–Trinajstić information content (AvgIpc) is 2.70. The van der Waals surface area contributed by atoms with Crippen LogP contribution in [-0.4, -0.2) is 42.4 Å². The zero-order valence-corrected chi connectivity index (χ0v) is 16.1. The predicted octanol–water partition coefficient (Wildman–Crippen LogP) is 2.64. The van der Waals surface area contributed by atoms with Crippen LogP contribution >= 0.6 is 0 Å². The number of piperidine rings is 1. The third-order valence-electron chi connectivity index (χ3n) is 5.03. The van der Waals surface area contributed by atoms with E-state index in [1.807, 2.05) is 11.8 Å². The molecular weight excluding hydrogens is 357 g/mol. The van der Waals surface area contributed by atoms with E-state index in [4.69, 9.17) is 0 Å². The number of aryl methyl sites for hydroxylation is 1. The van der Waals surface area contributed by atoms with E-state index >= 15 is 0 Å². The fraction of sp³-hybridized carbons (Fsp3) is 0.364. The summed E-state index contributed by atoms with van der Waals surface area (Å²) in [5.41, 5.74) is 2.42. The number of carbonyl (C=O) groups is 2. The quantitative estimate of drug-likeness (QED) is 0.806. The predicted molar refractivity (Wildman–Crippen MR) is 106 cm³/mol. The molecule has 0 radical (unpaired) electrons. The molecule has 2 aromatic carbocycles. The van der Waals surface area contributed by atoms with Gasteiger partial charge in [-0.1, -0.05) is 42.0 Å². The third-order valence-corrected chi connectivity index (χ3v) is 5.03. The molecule has 0 bridgehead atoms. The van der Waals surface area contributed by atoms with Crippen LogP contribution in [0.1, 0.15) is 34.3 Å². The summed E-state index contributed by atoms with van der Waals surface area (Å²) in [5, 5.41) is 6.06. The van der Waals surface area contributed by atoms with Gasteiger partial charge in [0, 0.05) is 25.7 Å². The molecular formula is C22H26FN3O2. The molecule has 5 nitrogen and oxygen atoms in total. The summed E-state index contributed by atoms with van der Waals surface area (Å²) >= 11 is 0. The lowest BCUT2D eigenvalue weighted by Gasteiger charge is -2.32. The fourth-order valence-electron chi connectivity index (χ4n) is 3.31. The maximum atomic E-state index is 13.7. The number of carbonyl (C=O) groups excluding carboxylic acids is 2. The van der Waals surface area contributed by atoms with Crippen molar-refractivity contribution in [3.63, 3.8) is 0 Å². The minimum absolute atomic E-state index is 0.0447. The van der Waals surface area contributed by atoms with Gasteiger partial charge in [-0.15, -0.1) is 0 Å². The molecule has 1 fully saturated rings. The Morgan fingerprint density at radius 3 is 2.43 bits per heavy atom. The summed E-state index contributed by atoms with van der Waals surface area (Å²) < 4.78 is 13.7. The smallest absolute Gasteiger partial charge is 0.254 e. The molecule has 1 aliphatic heterocycles. The van der Waals surface area contributed by atoms with Gasteiger partial charge in [0.05, 0.1) is 12.1 Å². The molecule has 6 heteroatoms. The summed E-state index contributed by atoms with van der Waals surface area (Å²) in [5.74, 6) is -0.860. The van der Waals surface area contributed by atoms with Crippen LogP contribution in [0.25, 0.3) is 0 Å². The van der Waals surface area contributed by atoms with Gasteiger partial charge < -0.3 is 15.5 Å². The number of hydrogen-bond acceptors (Lipinski definition) is 3. The first kappa shape index (κ1) is 20.0. The maximum absolute atomic E-state index is 13.7. The first-order valence-electron chi connectivity index (χ1n) is 9.62. The number of halogens is 1. The van der Waals surface area contributed by atoms with Crippen molar-refractivity contribution in [2.75, 3.05) is 19.6 Å². The molecule has 2 aromatic rings. The van der Waals surface area contributed by atoms with Crippen LogP contribution in [0, 0.1) is 12.7 Å². The van der Waals surface area contributed by atoms with Gasteiger partial charge in [-0.3, -0.25) is 9.59 Å². The number of nitrogens with zero attached hydrogens (tertiary/aromatic N) is 1. The number of rotatable bonds is 6. The number of likely N-dealkylation sites (tertiary alicyclic amines) is 1. The van der Waals surface area contributed by atoms with E-state index in [-0.39, 0.29) is 17.5 Å². The molecule has 148 valence electrons. The van der Waals surface area contributed by atoms with Gasteiger partial charge in [-0.2, -0.15) is 0 Å². The Labute approximate surface area is 164 Å². The Kier molecular flexibility index (Phi) is 6.76. The second-order valence-corrected chi connectivity index (χ2v) is 7.20. The topological polar surface area (TPSA) is 61.4 Å². The van der Waals surface area contributed by atoms with Gasteiger partial charge in [-0.25, -0.2) is 4.39 Å². The van der Waals surface area contributed by atoms with Crippen LogP contribution in [0.3, 0.4) is 0 Å². The lowest BCUT2D eigenvalue weighted by Crippen LogP contribution is -2.48. The first-order chi connectivity index (χ1) is 13.5. The Morgan fingerprint density at radius 1 is 1.07 bits per heavy atom. The molecule has 1 aliphatic rings. The Balaban J connectivity index is 1.39. The standard InChI is InChI=1S/C22H26FN3O2/c1-16-6-8-17(9-7-16)14-24-15-21(27)26-12-10-18(11-13-26)25-22(28)19-4-2-3-5-20(19)23/h2-9,18,24H,10-15H2,1H3,(H,25,28). The molecule has 0 unspecified atom stereocenters. The van der Waals surface area contributed by atoms with Gasteiger partial charge in [0.2, 0.25) is 5.91 Å². The highest BCUT2D eigenvalue weighted by Gasteiger charge is 2.24. The van der Waals surface area contributed by atoms with Crippen molar-refractivity contribution in [2.24, 2.45) is 0 Å². The first-order valence-corrected chi connectivity index (χ1v) is 9.62. The molecule has 2 N–H and O–H groups in total. The van der Waals surface area contributed by atoms with Crippen LogP contribution in [-0.2, 0) is 11.3 Å². The molecule has 0 aliphatic carbocycles. The molecule has 0 saturated carbocycles. The normalized spacial score (nSPS) is 14.7. The van der Waals surface area contributed by atoms with Gasteiger partial charge in [0.15, 0.2) is 0 Å². The van der Waals surface area contributed by atoms with E-state index in [1.165, 1.54) is 17.7 Å². The summed E-state index contributed by atoms with van der Waals surface area (Å²) in [6.07, 6.45) is 1.34.